The number of pyridine rings is 1. The first-order valence-electron chi connectivity index (χ1n) is 9.03. The highest BCUT2D eigenvalue weighted by Gasteiger charge is 2.09. The maximum Gasteiger partial charge on any atom is 0.328 e. The number of ether oxygens (including phenoxy) is 1. The fourth-order valence-corrected chi connectivity index (χ4v) is 2.48. The number of methoxy groups -OCH3 is 1. The highest BCUT2D eigenvalue weighted by molar-refractivity contribution is 5.93. The van der Waals surface area contributed by atoms with E-state index in [0.717, 1.165) is 18.5 Å². The van der Waals surface area contributed by atoms with Crippen molar-refractivity contribution in [1.29, 1.82) is 0 Å². The van der Waals surface area contributed by atoms with Gasteiger partial charge in [-0.15, -0.1) is 0 Å². The van der Waals surface area contributed by atoms with Crippen LogP contribution in [-0.2, 0) is 19.2 Å². The summed E-state index contributed by atoms with van der Waals surface area (Å²) in [5.74, 6) is -2.05. The van der Waals surface area contributed by atoms with Gasteiger partial charge in [0.2, 0.25) is 0 Å². The molecule has 1 fully saturated rings. The van der Waals surface area contributed by atoms with Gasteiger partial charge in [-0.3, -0.25) is 4.98 Å². The molecule has 1 saturated heterocycles. The molecule has 154 valence electrons. The summed E-state index contributed by atoms with van der Waals surface area (Å²) in [7, 11) is 1.59. The Morgan fingerprint density at radius 1 is 1.21 bits per heavy atom. The number of piperidine rings is 1. The van der Waals surface area contributed by atoms with Gasteiger partial charge in [0, 0.05) is 31.1 Å². The predicted molar refractivity (Wildman–Crippen MR) is 103 cm³/mol. The lowest BCUT2D eigenvalue weighted by Gasteiger charge is -2.25. The SMILES string of the molecule is COC(=NOCCCN1CCCCC1)c1cccnc1.O=C(O)/C=C\C(=O)O. The first kappa shape index (κ1) is 23.1. The van der Waals surface area contributed by atoms with E-state index < -0.39 is 11.9 Å². The Hall–Kier alpha value is -2.94. The quantitative estimate of drug-likeness (QED) is 0.226. The minimum atomic E-state index is -1.26. The van der Waals surface area contributed by atoms with Crippen molar-refractivity contribution in [1.82, 2.24) is 9.88 Å². The van der Waals surface area contributed by atoms with Gasteiger partial charge in [0.05, 0.1) is 12.7 Å². The summed E-state index contributed by atoms with van der Waals surface area (Å²) < 4.78 is 5.21. The number of nitrogens with zero attached hydrogens (tertiary/aromatic N) is 3. The summed E-state index contributed by atoms with van der Waals surface area (Å²) >= 11 is 0. The molecule has 0 amide bonds. The molecule has 1 aliphatic rings. The van der Waals surface area contributed by atoms with E-state index in [1.165, 1.54) is 32.4 Å². The van der Waals surface area contributed by atoms with E-state index in [-0.39, 0.29) is 0 Å². The second-order valence-electron chi connectivity index (χ2n) is 5.94. The van der Waals surface area contributed by atoms with Gasteiger partial charge >= 0.3 is 11.9 Å². The van der Waals surface area contributed by atoms with Crippen molar-refractivity contribution < 1.29 is 29.4 Å². The van der Waals surface area contributed by atoms with Crippen molar-refractivity contribution in [2.24, 2.45) is 5.16 Å². The van der Waals surface area contributed by atoms with Gasteiger partial charge in [0.25, 0.3) is 5.90 Å². The molecule has 0 bridgehead atoms. The number of aliphatic carboxylic acids is 2. The van der Waals surface area contributed by atoms with E-state index in [4.69, 9.17) is 19.8 Å². The van der Waals surface area contributed by atoms with Gasteiger partial charge < -0.3 is 24.7 Å². The zero-order chi connectivity index (χ0) is 20.6. The molecule has 28 heavy (non-hydrogen) atoms. The van der Waals surface area contributed by atoms with Crippen molar-refractivity contribution >= 4 is 17.8 Å². The smallest absolute Gasteiger partial charge is 0.328 e. The number of carboxylic acid groups (broad SMARTS) is 2. The molecule has 0 unspecified atom stereocenters. The molecule has 1 aromatic rings. The van der Waals surface area contributed by atoms with Gasteiger partial charge in [0.15, 0.2) is 0 Å². The Labute approximate surface area is 164 Å². The zero-order valence-corrected chi connectivity index (χ0v) is 16.0. The van der Waals surface area contributed by atoms with E-state index in [1.807, 2.05) is 12.1 Å². The number of rotatable bonds is 8. The van der Waals surface area contributed by atoms with Crippen LogP contribution in [0.2, 0.25) is 0 Å². The molecule has 1 aliphatic heterocycles. The van der Waals surface area contributed by atoms with Crippen molar-refractivity contribution in [3.8, 4) is 0 Å². The third kappa shape index (κ3) is 10.9. The fraction of sp³-hybridized carbons (Fsp3) is 0.474. The van der Waals surface area contributed by atoms with Crippen molar-refractivity contribution in [2.75, 3.05) is 33.4 Å². The third-order valence-electron chi connectivity index (χ3n) is 3.78. The third-order valence-corrected chi connectivity index (χ3v) is 3.78. The molecule has 0 saturated carbocycles. The molecule has 0 aromatic carbocycles. The summed E-state index contributed by atoms with van der Waals surface area (Å²) in [5, 5.41) is 19.7. The fourth-order valence-electron chi connectivity index (χ4n) is 2.48. The van der Waals surface area contributed by atoms with E-state index in [1.54, 1.807) is 19.5 Å². The molecule has 0 aliphatic carbocycles. The van der Waals surface area contributed by atoms with Gasteiger partial charge in [-0.05, 0) is 49.6 Å². The topological polar surface area (TPSA) is 122 Å². The van der Waals surface area contributed by atoms with Gasteiger partial charge in [-0.2, -0.15) is 0 Å². The Kier molecular flexibility index (Phi) is 11.7. The zero-order valence-electron chi connectivity index (χ0n) is 16.0. The Balaban J connectivity index is 0.000000416. The lowest BCUT2D eigenvalue weighted by atomic mass is 10.1. The lowest BCUT2D eigenvalue weighted by molar-refractivity contribution is -0.134. The molecule has 1 aromatic heterocycles. The van der Waals surface area contributed by atoms with Gasteiger partial charge in [-0.1, -0.05) is 6.42 Å². The van der Waals surface area contributed by atoms with Gasteiger partial charge in [0.1, 0.15) is 6.61 Å². The summed E-state index contributed by atoms with van der Waals surface area (Å²) in [6, 6.07) is 3.74. The molecule has 9 nitrogen and oxygen atoms in total. The van der Waals surface area contributed by atoms with E-state index >= 15 is 0 Å². The number of likely N-dealkylation sites (tertiary alicyclic amines) is 1. The minimum absolute atomic E-state index is 0.469. The molecular formula is C19H27N3O6. The second-order valence-corrected chi connectivity index (χ2v) is 5.94. The molecule has 0 radical (unpaired) electrons. The van der Waals surface area contributed by atoms with Crippen LogP contribution in [0.5, 0.6) is 0 Å². The molecule has 2 N–H and O–H groups in total. The van der Waals surface area contributed by atoms with Crippen LogP contribution in [0.15, 0.2) is 41.8 Å². The Morgan fingerprint density at radius 3 is 2.43 bits per heavy atom. The average molecular weight is 393 g/mol. The molecule has 2 heterocycles. The summed E-state index contributed by atoms with van der Waals surface area (Å²) in [6.45, 7) is 4.15. The van der Waals surface area contributed by atoms with E-state index in [9.17, 15) is 9.59 Å². The highest BCUT2D eigenvalue weighted by atomic mass is 16.6. The lowest BCUT2D eigenvalue weighted by Crippen LogP contribution is -2.31. The van der Waals surface area contributed by atoms with Crippen LogP contribution in [0.25, 0.3) is 0 Å². The largest absolute Gasteiger partial charge is 0.478 e. The normalized spacial score (nSPS) is 14.8. The Bertz CT molecular complexity index is 626. The standard InChI is InChI=1S/C15H23N3O2.C4H4O4/c1-19-15(14-7-5-8-16-13-14)17-20-12-6-11-18-9-3-2-4-10-18;5-3(6)1-2-4(7)8/h5,7-8,13H,2-4,6,9-12H2,1H3;1-2H,(H,5,6)(H,7,8)/b;2-1-. The van der Waals surface area contributed by atoms with E-state index in [2.05, 4.69) is 15.0 Å². The number of hydrogen-bond acceptors (Lipinski definition) is 7. The maximum absolute atomic E-state index is 9.55. The first-order chi connectivity index (χ1) is 13.5. The first-order valence-corrected chi connectivity index (χ1v) is 9.03. The van der Waals surface area contributed by atoms with Crippen LogP contribution in [0, 0.1) is 0 Å². The van der Waals surface area contributed by atoms with E-state index in [0.29, 0.717) is 24.7 Å². The van der Waals surface area contributed by atoms with Crippen molar-refractivity contribution in [3.63, 3.8) is 0 Å². The van der Waals surface area contributed by atoms with Crippen molar-refractivity contribution in [2.45, 2.75) is 25.7 Å². The molecule has 2 rings (SSSR count). The van der Waals surface area contributed by atoms with Crippen LogP contribution in [0.1, 0.15) is 31.2 Å². The predicted octanol–water partition coefficient (Wildman–Crippen LogP) is 1.99. The summed E-state index contributed by atoms with van der Waals surface area (Å²) in [5.41, 5.74) is 0.825. The van der Waals surface area contributed by atoms with Crippen LogP contribution in [0.4, 0.5) is 0 Å². The summed E-state index contributed by atoms with van der Waals surface area (Å²) in [4.78, 5) is 31.0. The van der Waals surface area contributed by atoms with Crippen LogP contribution >= 0.6 is 0 Å². The molecule has 0 spiro atoms. The number of hydrogen-bond donors (Lipinski definition) is 2. The second kappa shape index (κ2) is 14.2. The summed E-state index contributed by atoms with van der Waals surface area (Å²) in [6.07, 6.45) is 9.56. The number of oxime groups is 1. The average Bonchev–Trinajstić information content (AvgIpc) is 2.71. The van der Waals surface area contributed by atoms with Crippen LogP contribution in [0.3, 0.4) is 0 Å². The van der Waals surface area contributed by atoms with Crippen LogP contribution < -0.4 is 0 Å². The number of carbonyl (C=O) groups is 2. The highest BCUT2D eigenvalue weighted by Crippen LogP contribution is 2.08. The monoisotopic (exact) mass is 393 g/mol. The minimum Gasteiger partial charge on any atom is -0.478 e. The van der Waals surface area contributed by atoms with Crippen molar-refractivity contribution in [3.05, 3.63) is 42.2 Å². The Morgan fingerprint density at radius 2 is 1.89 bits per heavy atom. The molecular weight excluding hydrogens is 366 g/mol. The number of carboxylic acids is 2. The van der Waals surface area contributed by atoms with Gasteiger partial charge in [-0.25, -0.2) is 9.59 Å². The maximum atomic E-state index is 9.55. The number of aromatic nitrogens is 1. The molecule has 9 heteroatoms. The molecule has 0 atom stereocenters. The van der Waals surface area contributed by atoms with Crippen LogP contribution in [-0.4, -0.2) is 71.3 Å².